The van der Waals surface area contributed by atoms with Crippen molar-refractivity contribution >= 4 is 58.3 Å². The predicted molar refractivity (Wildman–Crippen MR) is 39.4 cm³/mol. The third kappa shape index (κ3) is 891. The molecule has 0 aromatic rings. The van der Waals surface area contributed by atoms with E-state index in [-0.39, 0.29) is 40.6 Å². The van der Waals surface area contributed by atoms with Gasteiger partial charge < -0.3 is 2.85 Å². The van der Waals surface area contributed by atoms with Gasteiger partial charge in [-0.2, -0.15) is 16.8 Å². The van der Waals surface area contributed by atoms with E-state index in [9.17, 15) is 0 Å². The van der Waals surface area contributed by atoms with Crippen molar-refractivity contribution in [2.24, 2.45) is 10.3 Å². The van der Waals surface area contributed by atoms with Gasteiger partial charge in [0.15, 0.2) is 0 Å². The van der Waals surface area contributed by atoms with E-state index in [0.29, 0.717) is 0 Å². The van der Waals surface area contributed by atoms with Crippen molar-refractivity contribution in [3.63, 3.8) is 0 Å². The largest absolute Gasteiger partial charge is 2.00 e. The third-order valence-corrected chi connectivity index (χ3v) is 0. The minimum absolute atomic E-state index is 0. The monoisotopic (exact) mass is 236 g/mol. The van der Waals surface area contributed by atoms with Crippen LogP contribution in [0.25, 0.3) is 0 Å². The molecule has 0 saturated carbocycles. The smallest absolute Gasteiger partial charge is 1.00 e. The molecule has 0 aromatic carbocycles. The quantitative estimate of drug-likeness (QED) is 0.265. The predicted octanol–water partition coefficient (Wildman–Crippen LogP) is -2.66. The molecule has 0 heterocycles. The summed E-state index contributed by atoms with van der Waals surface area (Å²) in [4.78, 5) is 0. The molecule has 0 bridgehead atoms. The summed E-state index contributed by atoms with van der Waals surface area (Å²) in [5.41, 5.74) is 0. The van der Waals surface area contributed by atoms with Gasteiger partial charge in [-0.15, -0.1) is 0 Å². The van der Waals surface area contributed by atoms with Crippen LogP contribution in [0.15, 0.2) is 0 Å². The molecule has 11 heteroatoms. The van der Waals surface area contributed by atoms with Crippen LogP contribution in [0.3, 0.4) is 0 Å². The van der Waals surface area contributed by atoms with Gasteiger partial charge >= 0.3 is 58.3 Å². The van der Waals surface area contributed by atoms with Crippen molar-refractivity contribution in [3.8, 4) is 0 Å². The maximum atomic E-state index is 8.97. The first-order chi connectivity index (χ1) is 4.00. The Bertz CT molecular complexity index is 223. The molecule has 11 heavy (non-hydrogen) atoms. The maximum absolute atomic E-state index is 8.97. The average molecular weight is 236 g/mol. The minimum atomic E-state index is -4.17. The molecule has 0 amide bonds. The molecule has 0 fully saturated rings. The van der Waals surface area contributed by atoms with Crippen LogP contribution in [0, 0.1) is 0 Å². The molecule has 0 aliphatic rings. The molecular formula is H8CaN2O6S2. The summed E-state index contributed by atoms with van der Waals surface area (Å²) in [5, 5.41) is 7.76. The van der Waals surface area contributed by atoms with E-state index in [1.807, 2.05) is 0 Å². The second-order valence-corrected chi connectivity index (χ2v) is 3.09. The number of nitrogens with two attached hydrogens (primary N) is 2. The molecule has 0 atom stereocenters. The third-order valence-electron chi connectivity index (χ3n) is 0. The summed E-state index contributed by atoms with van der Waals surface area (Å²) in [5.74, 6) is 0. The molecule has 0 aromatic heterocycles. The van der Waals surface area contributed by atoms with Crippen LogP contribution in [0.1, 0.15) is 2.85 Å². The van der Waals surface area contributed by atoms with E-state index in [0.717, 1.165) is 0 Å². The fraction of sp³-hybridized carbons (Fsp3) is 0. The topological polar surface area (TPSA) is 161 Å². The van der Waals surface area contributed by atoms with Gasteiger partial charge in [0.2, 0.25) is 0 Å². The minimum Gasteiger partial charge on any atom is -1.00 e. The van der Waals surface area contributed by atoms with Crippen LogP contribution in [0.4, 0.5) is 0 Å². The zero-order valence-electron chi connectivity index (χ0n) is 7.21. The van der Waals surface area contributed by atoms with Gasteiger partial charge in [0, 0.05) is 0 Å². The SMILES string of the molecule is NS(=O)(=O)O.NS(=O)(=O)O.[Ca+2].[H-].[H-]. The maximum Gasteiger partial charge on any atom is 2.00 e. The summed E-state index contributed by atoms with van der Waals surface area (Å²) in [6.07, 6.45) is 0. The number of rotatable bonds is 0. The van der Waals surface area contributed by atoms with Gasteiger partial charge in [0.05, 0.1) is 0 Å². The molecule has 0 saturated heterocycles. The van der Waals surface area contributed by atoms with E-state index in [4.69, 9.17) is 25.9 Å². The summed E-state index contributed by atoms with van der Waals surface area (Å²) in [7, 11) is -8.33. The van der Waals surface area contributed by atoms with Crippen LogP contribution < -0.4 is 10.3 Å². The fourth-order valence-electron chi connectivity index (χ4n) is 0. The van der Waals surface area contributed by atoms with Gasteiger partial charge in [0.1, 0.15) is 0 Å². The molecule has 6 N–H and O–H groups in total. The summed E-state index contributed by atoms with van der Waals surface area (Å²) < 4.78 is 50.4. The Kier molecular flexibility index (Phi) is 10.6. The summed E-state index contributed by atoms with van der Waals surface area (Å²) in [6.45, 7) is 0. The van der Waals surface area contributed by atoms with Crippen molar-refractivity contribution < 1.29 is 28.8 Å². The van der Waals surface area contributed by atoms with E-state index in [1.54, 1.807) is 0 Å². The fourth-order valence-corrected chi connectivity index (χ4v) is 0. The Morgan fingerprint density at radius 3 is 0.909 bits per heavy atom. The van der Waals surface area contributed by atoms with E-state index >= 15 is 0 Å². The van der Waals surface area contributed by atoms with Gasteiger partial charge in [0.25, 0.3) is 0 Å². The van der Waals surface area contributed by atoms with Crippen molar-refractivity contribution in [3.05, 3.63) is 0 Å². The zero-order chi connectivity index (χ0) is 9.00. The van der Waals surface area contributed by atoms with Crippen molar-refractivity contribution in [2.45, 2.75) is 0 Å². The second kappa shape index (κ2) is 6.51. The average Bonchev–Trinajstić information content (AvgIpc) is 1.12. The first-order valence-electron chi connectivity index (χ1n) is 1.50. The van der Waals surface area contributed by atoms with Gasteiger partial charge in [-0.1, -0.05) is 0 Å². The van der Waals surface area contributed by atoms with Crippen LogP contribution in [0.5, 0.6) is 0 Å². The van der Waals surface area contributed by atoms with Crippen LogP contribution in [0.2, 0.25) is 0 Å². The van der Waals surface area contributed by atoms with Gasteiger partial charge in [-0.3, -0.25) is 9.11 Å². The molecule has 0 spiro atoms. The summed E-state index contributed by atoms with van der Waals surface area (Å²) >= 11 is 0. The molecular weight excluding hydrogens is 228 g/mol. The molecule has 8 nitrogen and oxygen atoms in total. The zero-order valence-corrected chi connectivity index (χ0v) is 9.05. The van der Waals surface area contributed by atoms with Gasteiger partial charge in [-0.05, 0) is 0 Å². The molecule has 0 radical (unpaired) electrons. The van der Waals surface area contributed by atoms with E-state index in [1.165, 1.54) is 0 Å². The standard InChI is InChI=1S/Ca.2H3NO3S.2H/c;2*1-5(2,3)4;;/h;2*(H3,1,2,3,4);;/q+2;;;2*-1. The normalized spacial score (nSPS) is 10.5. The Morgan fingerprint density at radius 1 is 0.909 bits per heavy atom. The molecule has 0 aliphatic carbocycles. The van der Waals surface area contributed by atoms with E-state index in [2.05, 4.69) is 10.3 Å². The van der Waals surface area contributed by atoms with Crippen LogP contribution in [-0.4, -0.2) is 63.7 Å². The Balaban J connectivity index is -0.0000000267. The first-order valence-corrected chi connectivity index (χ1v) is 4.51. The van der Waals surface area contributed by atoms with Crippen molar-refractivity contribution in [1.29, 1.82) is 0 Å². The van der Waals surface area contributed by atoms with E-state index < -0.39 is 20.6 Å². The van der Waals surface area contributed by atoms with Crippen LogP contribution in [-0.2, 0) is 20.6 Å². The Morgan fingerprint density at radius 2 is 0.909 bits per heavy atom. The Hall–Kier alpha value is 1.000. The molecule has 0 unspecified atom stereocenters. The number of hydrogen-bond donors (Lipinski definition) is 4. The van der Waals surface area contributed by atoms with Crippen molar-refractivity contribution in [2.75, 3.05) is 0 Å². The van der Waals surface area contributed by atoms with Crippen molar-refractivity contribution in [1.82, 2.24) is 0 Å². The Labute approximate surface area is 96.7 Å². The second-order valence-electron chi connectivity index (χ2n) is 1.03. The number of hydrogen-bond acceptors (Lipinski definition) is 4. The van der Waals surface area contributed by atoms with Gasteiger partial charge in [-0.25, -0.2) is 10.3 Å². The first kappa shape index (κ1) is 17.9. The van der Waals surface area contributed by atoms with Crippen LogP contribution >= 0.6 is 0 Å². The molecule has 0 aliphatic heterocycles. The summed E-state index contributed by atoms with van der Waals surface area (Å²) in [6, 6.07) is 0. The molecule has 0 rings (SSSR count). The molecule has 68 valence electrons.